The largest absolute Gasteiger partial charge is 0.480 e. The van der Waals surface area contributed by atoms with Crippen molar-refractivity contribution in [1.82, 2.24) is 4.72 Å². The highest BCUT2D eigenvalue weighted by atomic mass is 79.9. The maximum atomic E-state index is 12.4. The molecule has 0 heterocycles. The lowest BCUT2D eigenvalue weighted by Gasteiger charge is -2.26. The molecule has 0 aromatic heterocycles. The number of carboxylic acids is 1. The second-order valence-corrected chi connectivity index (χ2v) is 8.38. The Morgan fingerprint density at radius 1 is 1.40 bits per heavy atom. The van der Waals surface area contributed by atoms with Gasteiger partial charge in [-0.1, -0.05) is 15.9 Å². The van der Waals surface area contributed by atoms with Crippen molar-refractivity contribution in [1.29, 1.82) is 0 Å². The first-order chi connectivity index (χ1) is 9.17. The van der Waals surface area contributed by atoms with Crippen LogP contribution in [0, 0.1) is 5.92 Å². The Labute approximate surface area is 134 Å². The summed E-state index contributed by atoms with van der Waals surface area (Å²) in [6.45, 7) is 1.41. The summed E-state index contributed by atoms with van der Waals surface area (Å²) in [7, 11) is -3.93. The second-order valence-electron chi connectivity index (χ2n) is 4.96. The summed E-state index contributed by atoms with van der Waals surface area (Å²) in [5, 5.41) is 9.33. The summed E-state index contributed by atoms with van der Waals surface area (Å²) in [6, 6.07) is 4.72. The number of sulfonamides is 1. The lowest BCUT2D eigenvalue weighted by molar-refractivity contribution is -0.144. The Balaban J connectivity index is 2.40. The van der Waals surface area contributed by atoms with Crippen LogP contribution in [0.2, 0.25) is 0 Å². The van der Waals surface area contributed by atoms with Crippen LogP contribution in [0.15, 0.2) is 32.0 Å². The summed E-state index contributed by atoms with van der Waals surface area (Å²) in [6.07, 6.45) is 1.43. The second kappa shape index (κ2) is 5.40. The maximum Gasteiger partial charge on any atom is 0.324 e. The first-order valence-electron chi connectivity index (χ1n) is 5.89. The van der Waals surface area contributed by atoms with E-state index in [9.17, 15) is 18.3 Å². The van der Waals surface area contributed by atoms with Gasteiger partial charge in [0.1, 0.15) is 5.54 Å². The standard InChI is InChI=1S/C12H13Br2NO4S/c1-12(11(16)17,7-2-3-7)15-20(18,19)10-6-8(13)4-5-9(10)14/h4-7,15H,2-3H2,1H3,(H,16,17). The van der Waals surface area contributed by atoms with Crippen LogP contribution in [0.3, 0.4) is 0 Å². The van der Waals surface area contributed by atoms with Crippen molar-refractivity contribution >= 4 is 47.9 Å². The Morgan fingerprint density at radius 3 is 2.50 bits per heavy atom. The monoisotopic (exact) mass is 425 g/mol. The fourth-order valence-corrected chi connectivity index (χ4v) is 4.91. The molecule has 110 valence electrons. The van der Waals surface area contributed by atoms with E-state index < -0.39 is 21.5 Å². The molecule has 0 spiro atoms. The minimum absolute atomic E-state index is 0.0139. The lowest BCUT2D eigenvalue weighted by atomic mass is 9.98. The van der Waals surface area contributed by atoms with Gasteiger partial charge >= 0.3 is 5.97 Å². The Bertz CT molecular complexity index is 657. The molecular weight excluding hydrogens is 414 g/mol. The summed E-state index contributed by atoms with van der Waals surface area (Å²) >= 11 is 6.39. The molecule has 1 aliphatic carbocycles. The van der Waals surface area contributed by atoms with Crippen molar-refractivity contribution in [3.8, 4) is 0 Å². The zero-order valence-electron chi connectivity index (χ0n) is 10.6. The SMILES string of the molecule is CC(NS(=O)(=O)c1cc(Br)ccc1Br)(C(=O)O)C1CC1. The van der Waals surface area contributed by atoms with Crippen molar-refractivity contribution in [3.63, 3.8) is 0 Å². The number of aliphatic carboxylic acids is 1. The Morgan fingerprint density at radius 2 is 2.00 bits per heavy atom. The van der Waals surface area contributed by atoms with Gasteiger partial charge in [-0.2, -0.15) is 4.72 Å². The van der Waals surface area contributed by atoms with Gasteiger partial charge < -0.3 is 5.11 Å². The highest BCUT2D eigenvalue weighted by Crippen LogP contribution is 2.41. The van der Waals surface area contributed by atoms with E-state index in [1.54, 1.807) is 12.1 Å². The number of benzene rings is 1. The molecule has 2 rings (SSSR count). The molecule has 0 aliphatic heterocycles. The van der Waals surface area contributed by atoms with Crippen LogP contribution in [0.4, 0.5) is 0 Å². The number of halogens is 2. The molecule has 20 heavy (non-hydrogen) atoms. The quantitative estimate of drug-likeness (QED) is 0.758. The van der Waals surface area contributed by atoms with Gasteiger partial charge in [-0.3, -0.25) is 4.79 Å². The lowest BCUT2D eigenvalue weighted by Crippen LogP contribution is -2.53. The van der Waals surface area contributed by atoms with E-state index in [4.69, 9.17) is 0 Å². The normalized spacial score (nSPS) is 18.6. The maximum absolute atomic E-state index is 12.4. The van der Waals surface area contributed by atoms with Crippen LogP contribution in [0.25, 0.3) is 0 Å². The summed E-state index contributed by atoms with van der Waals surface area (Å²) in [5.41, 5.74) is -1.47. The number of rotatable bonds is 5. The number of nitrogens with one attached hydrogen (secondary N) is 1. The molecule has 1 aliphatic rings. The molecule has 0 bridgehead atoms. The van der Waals surface area contributed by atoms with E-state index in [0.717, 1.165) is 0 Å². The molecule has 8 heteroatoms. The molecular formula is C12H13Br2NO4S. The zero-order valence-corrected chi connectivity index (χ0v) is 14.5. The van der Waals surface area contributed by atoms with Crippen LogP contribution in [0.1, 0.15) is 19.8 Å². The molecule has 0 amide bonds. The van der Waals surface area contributed by atoms with E-state index in [1.165, 1.54) is 13.0 Å². The van der Waals surface area contributed by atoms with Crippen molar-refractivity contribution in [2.45, 2.75) is 30.2 Å². The minimum atomic E-state index is -3.93. The Kier molecular flexibility index (Phi) is 4.30. The third kappa shape index (κ3) is 3.08. The van der Waals surface area contributed by atoms with E-state index in [-0.39, 0.29) is 10.8 Å². The van der Waals surface area contributed by atoms with Crippen molar-refractivity contribution in [2.75, 3.05) is 0 Å². The molecule has 1 aromatic rings. The number of hydrogen-bond donors (Lipinski definition) is 2. The smallest absolute Gasteiger partial charge is 0.324 e. The fraction of sp³-hybridized carbons (Fsp3) is 0.417. The van der Waals surface area contributed by atoms with E-state index in [1.807, 2.05) is 0 Å². The molecule has 1 aromatic carbocycles. The van der Waals surface area contributed by atoms with Gasteiger partial charge in [0.05, 0.1) is 4.90 Å². The zero-order chi connectivity index (χ0) is 15.1. The fourth-order valence-electron chi connectivity index (χ4n) is 1.98. The number of carbonyl (C=O) groups is 1. The van der Waals surface area contributed by atoms with Crippen molar-refractivity contribution in [3.05, 3.63) is 27.1 Å². The van der Waals surface area contributed by atoms with Crippen molar-refractivity contribution in [2.24, 2.45) is 5.92 Å². The highest BCUT2D eigenvalue weighted by molar-refractivity contribution is 9.11. The van der Waals surface area contributed by atoms with Gasteiger partial charge in [0.25, 0.3) is 0 Å². The molecule has 0 radical (unpaired) electrons. The van der Waals surface area contributed by atoms with Gasteiger partial charge in [0.2, 0.25) is 10.0 Å². The third-order valence-electron chi connectivity index (χ3n) is 3.37. The van der Waals surface area contributed by atoms with Crippen LogP contribution in [0.5, 0.6) is 0 Å². The Hall–Kier alpha value is -0.440. The molecule has 2 N–H and O–H groups in total. The summed E-state index contributed by atoms with van der Waals surface area (Å²) < 4.78 is 28.2. The van der Waals surface area contributed by atoms with Gasteiger partial charge in [0.15, 0.2) is 0 Å². The molecule has 1 fully saturated rings. The summed E-state index contributed by atoms with van der Waals surface area (Å²) in [5.74, 6) is -1.32. The topological polar surface area (TPSA) is 83.5 Å². The van der Waals surface area contributed by atoms with Crippen LogP contribution < -0.4 is 4.72 Å². The average Bonchev–Trinajstić information content (AvgIpc) is 3.15. The predicted molar refractivity (Wildman–Crippen MR) is 80.9 cm³/mol. The van der Waals surface area contributed by atoms with Crippen LogP contribution >= 0.6 is 31.9 Å². The van der Waals surface area contributed by atoms with E-state index >= 15 is 0 Å². The minimum Gasteiger partial charge on any atom is -0.480 e. The van der Waals surface area contributed by atoms with Crippen LogP contribution in [-0.4, -0.2) is 25.0 Å². The molecule has 0 saturated heterocycles. The number of hydrogen-bond acceptors (Lipinski definition) is 3. The van der Waals surface area contributed by atoms with Gasteiger partial charge in [-0.25, -0.2) is 8.42 Å². The molecule has 1 atom stereocenters. The molecule has 1 unspecified atom stereocenters. The molecule has 5 nitrogen and oxygen atoms in total. The van der Waals surface area contributed by atoms with Crippen LogP contribution in [-0.2, 0) is 14.8 Å². The molecule has 1 saturated carbocycles. The number of carboxylic acid groups (broad SMARTS) is 1. The summed E-state index contributed by atoms with van der Waals surface area (Å²) in [4.78, 5) is 11.4. The van der Waals surface area contributed by atoms with Gasteiger partial charge in [-0.15, -0.1) is 0 Å². The third-order valence-corrected chi connectivity index (χ3v) is 6.42. The predicted octanol–water partition coefficient (Wildman–Crippen LogP) is 2.74. The van der Waals surface area contributed by atoms with E-state index in [2.05, 4.69) is 36.6 Å². The van der Waals surface area contributed by atoms with Gasteiger partial charge in [-0.05, 0) is 59.8 Å². The first kappa shape index (κ1) is 15.9. The van der Waals surface area contributed by atoms with Crippen molar-refractivity contribution < 1.29 is 18.3 Å². The average molecular weight is 427 g/mol. The van der Waals surface area contributed by atoms with E-state index in [0.29, 0.717) is 21.8 Å². The van der Waals surface area contributed by atoms with Gasteiger partial charge in [0, 0.05) is 8.95 Å². The first-order valence-corrected chi connectivity index (χ1v) is 8.96. The highest BCUT2D eigenvalue weighted by Gasteiger charge is 2.50.